The van der Waals surface area contributed by atoms with Crippen LogP contribution < -0.4 is 10.3 Å². The van der Waals surface area contributed by atoms with E-state index in [9.17, 15) is 14.9 Å². The Hall–Kier alpha value is -4.01. The lowest BCUT2D eigenvalue weighted by Gasteiger charge is -2.20. The Balaban J connectivity index is 1.55. The number of nitrogens with zero attached hydrogens (tertiary/aromatic N) is 5. The number of amides is 1. The van der Waals surface area contributed by atoms with E-state index in [1.165, 1.54) is 12.1 Å². The molecule has 1 aromatic heterocycles. The number of hydrogen-bond donors (Lipinski definition) is 1. The van der Waals surface area contributed by atoms with Crippen molar-refractivity contribution in [1.29, 1.82) is 0 Å². The van der Waals surface area contributed by atoms with E-state index in [4.69, 9.17) is 0 Å². The van der Waals surface area contributed by atoms with Crippen LogP contribution in [-0.4, -0.2) is 39.9 Å². The van der Waals surface area contributed by atoms with Gasteiger partial charge in [-0.1, -0.05) is 24.3 Å². The molecule has 0 radical (unpaired) electrons. The van der Waals surface area contributed by atoms with Gasteiger partial charge in [-0.25, -0.2) is 5.43 Å². The molecule has 3 aromatic rings. The molecule has 31 heavy (non-hydrogen) atoms. The van der Waals surface area contributed by atoms with Crippen LogP contribution in [0.15, 0.2) is 65.9 Å². The topological polar surface area (TPSA) is 106 Å². The van der Waals surface area contributed by atoms with Crippen LogP contribution in [0.2, 0.25) is 0 Å². The minimum atomic E-state index is -0.444. The summed E-state index contributed by atoms with van der Waals surface area (Å²) in [6, 6.07) is 15.7. The van der Waals surface area contributed by atoms with Gasteiger partial charge in [-0.05, 0) is 43.2 Å². The predicted molar refractivity (Wildman–Crippen MR) is 119 cm³/mol. The second-order valence-electron chi connectivity index (χ2n) is 6.79. The number of aromatic nitrogens is 2. The number of nitro benzene ring substituents is 1. The summed E-state index contributed by atoms with van der Waals surface area (Å²) in [7, 11) is 0. The molecule has 0 saturated carbocycles. The molecule has 2 aromatic carbocycles. The van der Waals surface area contributed by atoms with Crippen molar-refractivity contribution in [2.45, 2.75) is 20.4 Å². The maximum atomic E-state index is 12.3. The van der Waals surface area contributed by atoms with Crippen molar-refractivity contribution < 1.29 is 9.72 Å². The van der Waals surface area contributed by atoms with Gasteiger partial charge in [0.05, 0.1) is 17.7 Å². The first kappa shape index (κ1) is 21.7. The predicted octanol–water partition coefficient (Wildman–Crippen LogP) is 3.45. The van der Waals surface area contributed by atoms with Crippen LogP contribution in [0.3, 0.4) is 0 Å². The largest absolute Gasteiger partial charge is 0.372 e. The molecule has 0 spiro atoms. The molecular weight excluding hydrogens is 396 g/mol. The lowest BCUT2D eigenvalue weighted by molar-refractivity contribution is -0.384. The first-order chi connectivity index (χ1) is 15.0. The number of nitrogens with one attached hydrogen (secondary N) is 1. The Kier molecular flexibility index (Phi) is 7.10. The first-order valence-corrected chi connectivity index (χ1v) is 9.95. The number of carbonyl (C=O) groups is 1. The smallest absolute Gasteiger partial charge is 0.291 e. The fourth-order valence-corrected chi connectivity index (χ4v) is 3.06. The summed E-state index contributed by atoms with van der Waals surface area (Å²) in [5, 5.41) is 19.0. The molecule has 1 heterocycles. The molecular formula is C22H24N6O3. The van der Waals surface area contributed by atoms with Crippen molar-refractivity contribution in [2.75, 3.05) is 18.0 Å². The summed E-state index contributed by atoms with van der Waals surface area (Å²) in [6.45, 7) is 6.50. The Morgan fingerprint density at radius 2 is 1.81 bits per heavy atom. The molecule has 0 fully saturated rings. The molecule has 9 heteroatoms. The molecule has 1 N–H and O–H groups in total. The highest BCUT2D eigenvalue weighted by molar-refractivity contribution is 5.93. The number of nitro groups is 1. The molecule has 0 atom stereocenters. The molecule has 160 valence electrons. The number of anilines is 1. The maximum absolute atomic E-state index is 12.3. The number of non-ortho nitro benzene ring substituents is 1. The second-order valence-corrected chi connectivity index (χ2v) is 6.79. The number of hydrogen-bond acceptors (Lipinski definition) is 6. The van der Waals surface area contributed by atoms with Gasteiger partial charge in [0.15, 0.2) is 5.69 Å². The third-order valence-corrected chi connectivity index (χ3v) is 4.77. The summed E-state index contributed by atoms with van der Waals surface area (Å²) in [4.78, 5) is 24.8. The van der Waals surface area contributed by atoms with Gasteiger partial charge in [-0.3, -0.25) is 19.6 Å². The number of hydrazone groups is 1. The lowest BCUT2D eigenvalue weighted by Crippen LogP contribution is -2.21. The highest BCUT2D eigenvalue weighted by Gasteiger charge is 2.10. The van der Waals surface area contributed by atoms with Crippen molar-refractivity contribution in [3.05, 3.63) is 87.7 Å². The van der Waals surface area contributed by atoms with E-state index in [2.05, 4.69) is 34.4 Å². The summed E-state index contributed by atoms with van der Waals surface area (Å²) in [6.07, 6.45) is 3.25. The van der Waals surface area contributed by atoms with Crippen LogP contribution in [0.1, 0.15) is 35.5 Å². The van der Waals surface area contributed by atoms with E-state index in [0.29, 0.717) is 6.54 Å². The number of rotatable bonds is 9. The maximum Gasteiger partial charge on any atom is 0.291 e. The van der Waals surface area contributed by atoms with Crippen molar-refractivity contribution >= 4 is 23.5 Å². The van der Waals surface area contributed by atoms with Gasteiger partial charge in [0.25, 0.3) is 11.6 Å². The SMILES string of the molecule is CCN(CC)c1ccc(C=NNC(=O)c2ccn(Cc3ccc([N+](=O)[O-])cc3)n2)cc1. The summed E-state index contributed by atoms with van der Waals surface area (Å²) < 4.78 is 1.59. The van der Waals surface area contributed by atoms with Gasteiger partial charge < -0.3 is 4.90 Å². The molecule has 0 bridgehead atoms. The zero-order valence-corrected chi connectivity index (χ0v) is 17.4. The molecule has 1 amide bonds. The minimum Gasteiger partial charge on any atom is -0.372 e. The van der Waals surface area contributed by atoms with Crippen LogP contribution in [0.25, 0.3) is 0 Å². The molecule has 0 aliphatic carbocycles. The van der Waals surface area contributed by atoms with Gasteiger partial charge in [0.2, 0.25) is 0 Å². The molecule has 0 aliphatic heterocycles. The highest BCUT2D eigenvalue weighted by Crippen LogP contribution is 2.14. The minimum absolute atomic E-state index is 0.0323. The number of carbonyl (C=O) groups excluding carboxylic acids is 1. The molecule has 0 aliphatic rings. The zero-order chi connectivity index (χ0) is 22.2. The third kappa shape index (κ3) is 5.75. The highest BCUT2D eigenvalue weighted by atomic mass is 16.6. The van der Waals surface area contributed by atoms with E-state index in [0.717, 1.165) is 29.9 Å². The Morgan fingerprint density at radius 1 is 1.13 bits per heavy atom. The van der Waals surface area contributed by atoms with Crippen LogP contribution in [0.5, 0.6) is 0 Å². The van der Waals surface area contributed by atoms with E-state index >= 15 is 0 Å². The summed E-state index contributed by atoms with van der Waals surface area (Å²) in [5.74, 6) is -0.418. The zero-order valence-electron chi connectivity index (χ0n) is 17.4. The monoisotopic (exact) mass is 420 g/mol. The molecule has 3 rings (SSSR count). The van der Waals surface area contributed by atoms with E-state index in [1.54, 1.807) is 35.3 Å². The Bertz CT molecular complexity index is 1050. The van der Waals surface area contributed by atoms with E-state index in [-0.39, 0.29) is 11.4 Å². The first-order valence-electron chi connectivity index (χ1n) is 9.95. The second kappa shape index (κ2) is 10.1. The standard InChI is InChI=1S/C22H24N6O3/c1-3-26(4-2)19-9-5-17(6-10-19)15-23-24-22(29)21-13-14-27(25-21)16-18-7-11-20(12-8-18)28(30)31/h5-15H,3-4,16H2,1-2H3,(H,24,29). The average molecular weight is 420 g/mol. The quantitative estimate of drug-likeness (QED) is 0.324. The Labute approximate surface area is 180 Å². The van der Waals surface area contributed by atoms with Crippen molar-refractivity contribution in [3.63, 3.8) is 0 Å². The van der Waals surface area contributed by atoms with Crippen LogP contribution in [0, 0.1) is 10.1 Å². The van der Waals surface area contributed by atoms with Crippen LogP contribution in [-0.2, 0) is 6.54 Å². The van der Waals surface area contributed by atoms with Gasteiger partial charge in [-0.2, -0.15) is 10.2 Å². The van der Waals surface area contributed by atoms with E-state index < -0.39 is 10.8 Å². The molecule has 0 unspecified atom stereocenters. The number of benzene rings is 2. The average Bonchev–Trinajstić information content (AvgIpc) is 3.24. The van der Waals surface area contributed by atoms with Crippen molar-refractivity contribution in [3.8, 4) is 0 Å². The summed E-state index contributed by atoms with van der Waals surface area (Å²) in [5.41, 5.74) is 5.60. The lowest BCUT2D eigenvalue weighted by atomic mass is 10.2. The fourth-order valence-electron chi connectivity index (χ4n) is 3.06. The molecule has 9 nitrogen and oxygen atoms in total. The van der Waals surface area contributed by atoms with E-state index in [1.807, 2.05) is 24.3 Å². The molecule has 0 saturated heterocycles. The van der Waals surface area contributed by atoms with Crippen LogP contribution >= 0.6 is 0 Å². The van der Waals surface area contributed by atoms with Crippen molar-refractivity contribution in [2.24, 2.45) is 5.10 Å². The van der Waals surface area contributed by atoms with Gasteiger partial charge in [0, 0.05) is 37.1 Å². The van der Waals surface area contributed by atoms with Crippen molar-refractivity contribution in [1.82, 2.24) is 15.2 Å². The summed E-state index contributed by atoms with van der Waals surface area (Å²) >= 11 is 0. The normalized spacial score (nSPS) is 10.9. The van der Waals surface area contributed by atoms with Crippen LogP contribution in [0.4, 0.5) is 11.4 Å². The Morgan fingerprint density at radius 3 is 2.42 bits per heavy atom. The fraction of sp³-hybridized carbons (Fsp3) is 0.227. The van der Waals surface area contributed by atoms with Gasteiger partial charge in [-0.15, -0.1) is 0 Å². The third-order valence-electron chi connectivity index (χ3n) is 4.77. The van der Waals surface area contributed by atoms with Gasteiger partial charge >= 0.3 is 0 Å². The van der Waals surface area contributed by atoms with Gasteiger partial charge in [0.1, 0.15) is 0 Å².